The zero-order valence-electron chi connectivity index (χ0n) is 15.6. The standard InChI is InChI=1S/C21H24FN5/c1-2-19-23-11-13-27(19)21-20(24-9-10-25-21)17-4-3-12-26(15-17)14-16-5-7-18(22)8-6-16/h5-11,13,17H,2-4,12,14-15H2,1H3. The molecular formula is C21H24FN5. The largest absolute Gasteiger partial charge is 0.298 e. The highest BCUT2D eigenvalue weighted by Crippen LogP contribution is 2.29. The summed E-state index contributed by atoms with van der Waals surface area (Å²) in [4.78, 5) is 16.2. The van der Waals surface area contributed by atoms with Crippen LogP contribution in [-0.2, 0) is 13.0 Å². The van der Waals surface area contributed by atoms with Gasteiger partial charge in [0, 0.05) is 50.2 Å². The topological polar surface area (TPSA) is 46.8 Å². The van der Waals surface area contributed by atoms with Crippen LogP contribution >= 0.6 is 0 Å². The Labute approximate surface area is 158 Å². The highest BCUT2D eigenvalue weighted by molar-refractivity contribution is 5.33. The van der Waals surface area contributed by atoms with Crippen molar-refractivity contribution in [1.29, 1.82) is 0 Å². The molecule has 4 rings (SSSR count). The van der Waals surface area contributed by atoms with E-state index in [0.717, 1.165) is 61.8 Å². The number of hydrogen-bond donors (Lipinski definition) is 0. The molecule has 1 fully saturated rings. The number of hydrogen-bond acceptors (Lipinski definition) is 4. The highest BCUT2D eigenvalue weighted by atomic mass is 19.1. The van der Waals surface area contributed by atoms with E-state index in [-0.39, 0.29) is 5.82 Å². The van der Waals surface area contributed by atoms with Gasteiger partial charge in [-0.25, -0.2) is 14.4 Å². The summed E-state index contributed by atoms with van der Waals surface area (Å²) in [6.07, 6.45) is 10.4. The van der Waals surface area contributed by atoms with Gasteiger partial charge in [0.05, 0.1) is 5.69 Å². The molecule has 1 aromatic carbocycles. The van der Waals surface area contributed by atoms with Gasteiger partial charge in [-0.15, -0.1) is 0 Å². The Morgan fingerprint density at radius 2 is 1.89 bits per heavy atom. The van der Waals surface area contributed by atoms with Gasteiger partial charge in [0.1, 0.15) is 11.6 Å². The zero-order valence-corrected chi connectivity index (χ0v) is 15.6. The minimum absolute atomic E-state index is 0.188. The van der Waals surface area contributed by atoms with Crippen LogP contribution in [0.1, 0.15) is 42.8 Å². The third kappa shape index (κ3) is 3.90. The first kappa shape index (κ1) is 17.8. The number of aryl methyl sites for hydroxylation is 1. The van der Waals surface area contributed by atoms with Crippen LogP contribution in [0.2, 0.25) is 0 Å². The molecule has 0 amide bonds. The van der Waals surface area contributed by atoms with Gasteiger partial charge in [-0.05, 0) is 37.1 Å². The first-order chi connectivity index (χ1) is 13.2. The zero-order chi connectivity index (χ0) is 18.6. The molecule has 0 spiro atoms. The Bertz CT molecular complexity index is 890. The minimum atomic E-state index is -0.188. The van der Waals surface area contributed by atoms with Crippen LogP contribution in [0, 0.1) is 5.82 Å². The first-order valence-corrected chi connectivity index (χ1v) is 9.55. The van der Waals surface area contributed by atoms with Crippen molar-refractivity contribution in [1.82, 2.24) is 24.4 Å². The summed E-state index contributed by atoms with van der Waals surface area (Å²) in [5.41, 5.74) is 2.17. The van der Waals surface area contributed by atoms with E-state index in [1.807, 2.05) is 24.5 Å². The number of imidazole rings is 1. The van der Waals surface area contributed by atoms with Gasteiger partial charge in [0.2, 0.25) is 0 Å². The maximum absolute atomic E-state index is 13.2. The lowest BCUT2D eigenvalue weighted by atomic mass is 9.94. The normalized spacial score (nSPS) is 17.9. The highest BCUT2D eigenvalue weighted by Gasteiger charge is 2.26. The molecule has 5 nitrogen and oxygen atoms in total. The number of aromatic nitrogens is 4. The number of nitrogens with zero attached hydrogens (tertiary/aromatic N) is 5. The summed E-state index contributed by atoms with van der Waals surface area (Å²) >= 11 is 0. The van der Waals surface area contributed by atoms with E-state index in [4.69, 9.17) is 4.98 Å². The second-order valence-corrected chi connectivity index (χ2v) is 7.03. The Balaban J connectivity index is 1.56. The van der Waals surface area contributed by atoms with E-state index in [1.165, 1.54) is 12.1 Å². The fraction of sp³-hybridized carbons (Fsp3) is 0.381. The molecule has 0 radical (unpaired) electrons. The summed E-state index contributed by atoms with van der Waals surface area (Å²) in [5, 5.41) is 0. The molecule has 1 saturated heterocycles. The summed E-state index contributed by atoms with van der Waals surface area (Å²) in [7, 11) is 0. The lowest BCUT2D eigenvalue weighted by molar-refractivity contribution is 0.198. The molecule has 0 saturated carbocycles. The Hall–Kier alpha value is -2.60. The Kier molecular flexibility index (Phi) is 5.25. The monoisotopic (exact) mass is 365 g/mol. The molecule has 3 aromatic rings. The van der Waals surface area contributed by atoms with E-state index >= 15 is 0 Å². The van der Waals surface area contributed by atoms with Crippen molar-refractivity contribution in [2.75, 3.05) is 13.1 Å². The van der Waals surface area contributed by atoms with Crippen molar-refractivity contribution in [2.24, 2.45) is 0 Å². The molecule has 1 aliphatic heterocycles. The van der Waals surface area contributed by atoms with Gasteiger partial charge in [0.25, 0.3) is 0 Å². The van der Waals surface area contributed by atoms with Crippen molar-refractivity contribution in [3.63, 3.8) is 0 Å². The molecule has 0 aliphatic carbocycles. The van der Waals surface area contributed by atoms with E-state index in [1.54, 1.807) is 12.4 Å². The van der Waals surface area contributed by atoms with Crippen molar-refractivity contribution in [3.8, 4) is 5.82 Å². The number of benzene rings is 1. The fourth-order valence-electron chi connectivity index (χ4n) is 3.87. The van der Waals surface area contributed by atoms with Crippen LogP contribution in [0.5, 0.6) is 0 Å². The van der Waals surface area contributed by atoms with E-state index in [2.05, 4.69) is 26.4 Å². The summed E-state index contributed by atoms with van der Waals surface area (Å²) in [6.45, 7) is 4.91. The average Bonchev–Trinajstić information content (AvgIpc) is 3.19. The van der Waals surface area contributed by atoms with Gasteiger partial charge in [0.15, 0.2) is 5.82 Å². The molecule has 0 bridgehead atoms. The predicted octanol–water partition coefficient (Wildman–Crippen LogP) is 3.74. The van der Waals surface area contributed by atoms with E-state index in [9.17, 15) is 4.39 Å². The summed E-state index contributed by atoms with van der Waals surface area (Å²) in [5.74, 6) is 2.03. The number of rotatable bonds is 5. The van der Waals surface area contributed by atoms with Crippen molar-refractivity contribution in [3.05, 3.63) is 72.0 Å². The third-order valence-electron chi connectivity index (χ3n) is 5.18. The number of piperidine rings is 1. The first-order valence-electron chi connectivity index (χ1n) is 9.55. The second-order valence-electron chi connectivity index (χ2n) is 7.03. The maximum atomic E-state index is 13.2. The minimum Gasteiger partial charge on any atom is -0.298 e. The van der Waals surface area contributed by atoms with Gasteiger partial charge in [-0.2, -0.15) is 0 Å². The lowest BCUT2D eigenvalue weighted by Gasteiger charge is -2.33. The molecule has 27 heavy (non-hydrogen) atoms. The van der Waals surface area contributed by atoms with Crippen LogP contribution in [0.25, 0.3) is 5.82 Å². The molecule has 6 heteroatoms. The van der Waals surface area contributed by atoms with Gasteiger partial charge < -0.3 is 0 Å². The second kappa shape index (κ2) is 7.96. The van der Waals surface area contributed by atoms with Gasteiger partial charge in [-0.1, -0.05) is 19.1 Å². The number of likely N-dealkylation sites (tertiary alicyclic amines) is 1. The van der Waals surface area contributed by atoms with Crippen LogP contribution in [0.3, 0.4) is 0 Å². The van der Waals surface area contributed by atoms with Crippen molar-refractivity contribution in [2.45, 2.75) is 38.6 Å². The lowest BCUT2D eigenvalue weighted by Crippen LogP contribution is -2.34. The Morgan fingerprint density at radius 1 is 1.07 bits per heavy atom. The number of halogens is 1. The van der Waals surface area contributed by atoms with Gasteiger partial charge in [-0.3, -0.25) is 14.5 Å². The molecular weight excluding hydrogens is 341 g/mol. The molecule has 0 N–H and O–H groups in total. The molecule has 2 aromatic heterocycles. The molecule has 3 heterocycles. The molecule has 1 atom stereocenters. The van der Waals surface area contributed by atoms with E-state index < -0.39 is 0 Å². The Morgan fingerprint density at radius 3 is 2.70 bits per heavy atom. The van der Waals surface area contributed by atoms with Crippen molar-refractivity contribution >= 4 is 0 Å². The molecule has 1 aliphatic rings. The average molecular weight is 365 g/mol. The maximum Gasteiger partial charge on any atom is 0.160 e. The summed E-state index contributed by atoms with van der Waals surface area (Å²) in [6, 6.07) is 6.79. The van der Waals surface area contributed by atoms with Gasteiger partial charge >= 0.3 is 0 Å². The SMILES string of the molecule is CCc1nccn1-c1nccnc1C1CCCN(Cc2ccc(F)cc2)C1. The molecule has 1 unspecified atom stereocenters. The van der Waals surface area contributed by atoms with Crippen LogP contribution in [-0.4, -0.2) is 37.5 Å². The summed E-state index contributed by atoms with van der Waals surface area (Å²) < 4.78 is 15.2. The van der Waals surface area contributed by atoms with Crippen LogP contribution in [0.15, 0.2) is 49.1 Å². The smallest absolute Gasteiger partial charge is 0.160 e. The van der Waals surface area contributed by atoms with Crippen molar-refractivity contribution < 1.29 is 4.39 Å². The molecule has 140 valence electrons. The quantitative estimate of drug-likeness (QED) is 0.691. The van der Waals surface area contributed by atoms with Crippen LogP contribution in [0.4, 0.5) is 4.39 Å². The third-order valence-corrected chi connectivity index (χ3v) is 5.18. The fourth-order valence-corrected chi connectivity index (χ4v) is 3.87. The predicted molar refractivity (Wildman–Crippen MR) is 102 cm³/mol. The van der Waals surface area contributed by atoms with Crippen LogP contribution < -0.4 is 0 Å². The van der Waals surface area contributed by atoms with E-state index in [0.29, 0.717) is 5.92 Å².